The summed E-state index contributed by atoms with van der Waals surface area (Å²) in [4.78, 5) is 38.2. The third-order valence-electron chi connectivity index (χ3n) is 6.18. The molecule has 0 spiro atoms. The Kier molecular flexibility index (Phi) is 4.49. The molecule has 11 heteroatoms. The van der Waals surface area contributed by atoms with Crippen LogP contribution < -0.4 is 5.69 Å². The number of hydrogen-bond acceptors (Lipinski definition) is 6. The van der Waals surface area contributed by atoms with Crippen molar-refractivity contribution < 1.29 is 9.90 Å². The Morgan fingerprint density at radius 2 is 2.12 bits per heavy atom. The van der Waals surface area contributed by atoms with Crippen molar-refractivity contribution in [3.05, 3.63) is 46.8 Å². The van der Waals surface area contributed by atoms with Crippen LogP contribution in [0.5, 0.6) is 0 Å². The predicted octanol–water partition coefficient (Wildman–Crippen LogP) is 2.65. The second-order valence-corrected chi connectivity index (χ2v) is 9.29. The first kappa shape index (κ1) is 20.7. The van der Waals surface area contributed by atoms with Gasteiger partial charge in [-0.3, -0.25) is 4.57 Å². The first-order valence-corrected chi connectivity index (χ1v) is 10.5. The Labute approximate surface area is 187 Å². The molecule has 33 heavy (non-hydrogen) atoms. The quantitative estimate of drug-likeness (QED) is 0.481. The van der Waals surface area contributed by atoms with Crippen molar-refractivity contribution >= 4 is 22.8 Å². The van der Waals surface area contributed by atoms with Gasteiger partial charge in [-0.05, 0) is 24.0 Å². The van der Waals surface area contributed by atoms with E-state index in [0.717, 1.165) is 0 Å². The molecule has 2 N–H and O–H groups in total. The molecule has 0 aliphatic carbocycles. The zero-order valence-corrected chi connectivity index (χ0v) is 18.3. The molecule has 1 amide bonds. The molecular formula is C22H22N8O3. The van der Waals surface area contributed by atoms with Crippen LogP contribution in [0.1, 0.15) is 38.8 Å². The summed E-state index contributed by atoms with van der Waals surface area (Å²) < 4.78 is 3.19. The van der Waals surface area contributed by atoms with Crippen molar-refractivity contribution in [2.24, 2.45) is 5.41 Å². The molecule has 11 nitrogen and oxygen atoms in total. The van der Waals surface area contributed by atoms with Crippen LogP contribution >= 0.6 is 0 Å². The number of hydrogen-bond donors (Lipinski definition) is 2. The summed E-state index contributed by atoms with van der Waals surface area (Å²) in [5, 5.41) is 23.3. The largest absolute Gasteiger partial charge is 0.465 e. The number of aromatic amines is 1. The lowest BCUT2D eigenvalue weighted by Crippen LogP contribution is -2.47. The van der Waals surface area contributed by atoms with E-state index in [0.29, 0.717) is 46.6 Å². The minimum atomic E-state index is -1.000. The molecule has 4 aromatic heterocycles. The lowest BCUT2D eigenvalue weighted by atomic mass is 9.82. The molecule has 1 saturated heterocycles. The van der Waals surface area contributed by atoms with Crippen molar-refractivity contribution in [3.63, 3.8) is 0 Å². The Hall–Kier alpha value is -4.20. The fraction of sp³-hybridized carbons (Fsp3) is 0.364. The van der Waals surface area contributed by atoms with Gasteiger partial charge >= 0.3 is 11.8 Å². The number of aromatic nitrogens is 6. The van der Waals surface area contributed by atoms with Crippen LogP contribution in [0.4, 0.5) is 4.79 Å². The number of likely N-dealkylation sites (tertiary alicyclic amines) is 1. The van der Waals surface area contributed by atoms with Crippen molar-refractivity contribution in [3.8, 4) is 17.5 Å². The van der Waals surface area contributed by atoms with Crippen LogP contribution in [0.25, 0.3) is 28.1 Å². The molecule has 5 heterocycles. The van der Waals surface area contributed by atoms with Crippen LogP contribution in [-0.4, -0.2) is 57.8 Å². The number of imidazole rings is 1. The number of nitrogens with one attached hydrogen (secondary N) is 1. The maximum Gasteiger partial charge on any atom is 0.407 e. The lowest BCUT2D eigenvalue weighted by Gasteiger charge is -2.37. The van der Waals surface area contributed by atoms with Gasteiger partial charge in [0.15, 0.2) is 11.5 Å². The summed E-state index contributed by atoms with van der Waals surface area (Å²) in [5.41, 5.74) is 1.91. The van der Waals surface area contributed by atoms with E-state index < -0.39 is 17.6 Å². The second kappa shape index (κ2) is 7.16. The van der Waals surface area contributed by atoms with Gasteiger partial charge < -0.3 is 15.0 Å². The van der Waals surface area contributed by atoms with Crippen molar-refractivity contribution in [2.75, 3.05) is 6.54 Å². The van der Waals surface area contributed by atoms with Crippen molar-refractivity contribution in [1.82, 2.24) is 34.0 Å². The molecule has 0 saturated carbocycles. The Morgan fingerprint density at radius 3 is 2.82 bits per heavy atom. The fourth-order valence-corrected chi connectivity index (χ4v) is 4.88. The van der Waals surface area contributed by atoms with Crippen molar-refractivity contribution in [2.45, 2.75) is 39.3 Å². The number of pyridine rings is 1. The predicted molar refractivity (Wildman–Crippen MR) is 119 cm³/mol. The number of fused-ring (bicyclic) bond motifs is 2. The molecule has 5 rings (SSSR count). The average molecular weight is 446 g/mol. The van der Waals surface area contributed by atoms with E-state index in [9.17, 15) is 20.0 Å². The first-order chi connectivity index (χ1) is 15.7. The van der Waals surface area contributed by atoms with Gasteiger partial charge in [0, 0.05) is 12.7 Å². The highest BCUT2D eigenvalue weighted by Crippen LogP contribution is 2.40. The van der Waals surface area contributed by atoms with Gasteiger partial charge in [-0.15, -0.1) is 0 Å². The third kappa shape index (κ3) is 3.22. The van der Waals surface area contributed by atoms with E-state index in [-0.39, 0.29) is 11.7 Å². The van der Waals surface area contributed by atoms with E-state index in [1.807, 2.05) is 20.8 Å². The van der Waals surface area contributed by atoms with E-state index in [1.54, 1.807) is 39.8 Å². The first-order valence-electron chi connectivity index (χ1n) is 10.5. The maximum atomic E-state index is 13.0. The molecule has 168 valence electrons. The smallest absolute Gasteiger partial charge is 0.407 e. The van der Waals surface area contributed by atoms with Gasteiger partial charge in [0.1, 0.15) is 5.52 Å². The molecule has 0 bridgehead atoms. The summed E-state index contributed by atoms with van der Waals surface area (Å²) in [6.07, 6.45) is 4.35. The number of carbonyl (C=O) groups is 1. The molecular weight excluding hydrogens is 424 g/mol. The molecule has 0 radical (unpaired) electrons. The number of nitriles is 1. The zero-order chi connectivity index (χ0) is 23.5. The number of H-pyrrole nitrogens is 1. The standard InChI is InChI=1S/C22H22N8O3/c1-22(2,3)17-15(5-6-28(17)21(32)33)30-19-14(26-20(30)31)11-24-18(27-19)13-10-25-29-7-4-12(9-23)8-16(13)29/h4,7-8,10-11,15,17H,5-6H2,1-3H3,(H,26,31)(H,32,33)/t15?,17-/m1/s1. The summed E-state index contributed by atoms with van der Waals surface area (Å²) in [7, 11) is 0. The fourth-order valence-electron chi connectivity index (χ4n) is 4.88. The van der Waals surface area contributed by atoms with E-state index in [1.165, 1.54) is 4.90 Å². The van der Waals surface area contributed by atoms with Crippen molar-refractivity contribution in [1.29, 1.82) is 5.26 Å². The minimum Gasteiger partial charge on any atom is -0.465 e. The SMILES string of the molecule is CC(C)(C)[C@H]1C(n2c(=O)[nH]c3cnc(-c4cnn5ccc(C#N)cc45)nc32)CCN1C(=O)O. The summed E-state index contributed by atoms with van der Waals surface area (Å²) in [6.45, 7) is 6.25. The monoisotopic (exact) mass is 446 g/mol. The summed E-state index contributed by atoms with van der Waals surface area (Å²) >= 11 is 0. The Balaban J connectivity index is 1.68. The van der Waals surface area contributed by atoms with Gasteiger partial charge in [-0.2, -0.15) is 10.4 Å². The Bertz CT molecular complexity index is 1500. The van der Waals surface area contributed by atoms with E-state index in [2.05, 4.69) is 21.1 Å². The number of amides is 1. The van der Waals surface area contributed by atoms with Gasteiger partial charge in [-0.25, -0.2) is 24.1 Å². The highest BCUT2D eigenvalue weighted by molar-refractivity contribution is 5.80. The van der Waals surface area contributed by atoms with E-state index >= 15 is 0 Å². The van der Waals surface area contributed by atoms with Gasteiger partial charge in [0.25, 0.3) is 0 Å². The highest BCUT2D eigenvalue weighted by atomic mass is 16.4. The second-order valence-electron chi connectivity index (χ2n) is 9.29. The average Bonchev–Trinajstić information content (AvgIpc) is 3.46. The van der Waals surface area contributed by atoms with Gasteiger partial charge in [0.2, 0.25) is 0 Å². The van der Waals surface area contributed by atoms with Crippen LogP contribution in [0.3, 0.4) is 0 Å². The minimum absolute atomic E-state index is 0.337. The third-order valence-corrected chi connectivity index (χ3v) is 6.18. The molecule has 1 fully saturated rings. The van der Waals surface area contributed by atoms with Crippen LogP contribution in [-0.2, 0) is 0 Å². The molecule has 1 aliphatic heterocycles. The molecule has 4 aromatic rings. The summed E-state index contributed by atoms with van der Waals surface area (Å²) in [6, 6.07) is 4.71. The highest BCUT2D eigenvalue weighted by Gasteiger charge is 2.46. The molecule has 1 unspecified atom stereocenters. The van der Waals surface area contributed by atoms with Crippen LogP contribution in [0, 0.1) is 16.7 Å². The lowest BCUT2D eigenvalue weighted by molar-refractivity contribution is 0.0926. The van der Waals surface area contributed by atoms with Gasteiger partial charge in [0.05, 0.1) is 47.2 Å². The van der Waals surface area contributed by atoms with Crippen LogP contribution in [0.2, 0.25) is 0 Å². The van der Waals surface area contributed by atoms with Crippen LogP contribution in [0.15, 0.2) is 35.5 Å². The number of carboxylic acid groups (broad SMARTS) is 1. The summed E-state index contributed by atoms with van der Waals surface area (Å²) in [5.74, 6) is 0.362. The van der Waals surface area contributed by atoms with E-state index in [4.69, 9.17) is 4.98 Å². The maximum absolute atomic E-state index is 13.0. The molecule has 0 aromatic carbocycles. The Morgan fingerprint density at radius 1 is 1.33 bits per heavy atom. The topological polar surface area (TPSA) is 145 Å². The number of nitrogens with zero attached hydrogens (tertiary/aromatic N) is 7. The number of rotatable bonds is 2. The molecule has 2 atom stereocenters. The van der Waals surface area contributed by atoms with Gasteiger partial charge in [-0.1, -0.05) is 20.8 Å². The zero-order valence-electron chi connectivity index (χ0n) is 18.3. The molecule has 1 aliphatic rings. The normalized spacial score (nSPS) is 18.8.